The topological polar surface area (TPSA) is 97.0 Å². The van der Waals surface area contributed by atoms with Crippen molar-refractivity contribution in [1.29, 1.82) is 5.26 Å². The Balaban J connectivity index is 1.54. The van der Waals surface area contributed by atoms with Gasteiger partial charge in [0.2, 0.25) is 5.91 Å². The molecule has 0 bridgehead atoms. The smallest absolute Gasteiger partial charge is 0.267 e. The van der Waals surface area contributed by atoms with Crippen molar-refractivity contribution in [3.05, 3.63) is 45.1 Å². The van der Waals surface area contributed by atoms with Crippen LogP contribution in [-0.4, -0.2) is 33.9 Å². The van der Waals surface area contributed by atoms with E-state index in [-0.39, 0.29) is 23.1 Å². The molecule has 3 aromatic rings. The Morgan fingerprint density at radius 2 is 2.18 bits per heavy atom. The van der Waals surface area contributed by atoms with Gasteiger partial charge in [-0.3, -0.25) is 14.2 Å². The molecule has 1 saturated carbocycles. The molecule has 176 valence electrons. The molecule has 1 aromatic carbocycles. The van der Waals surface area contributed by atoms with Gasteiger partial charge in [0.05, 0.1) is 30.0 Å². The second-order valence-electron chi connectivity index (χ2n) is 9.05. The van der Waals surface area contributed by atoms with E-state index in [1.165, 1.54) is 16.6 Å². The lowest BCUT2D eigenvalue weighted by Crippen LogP contribution is -2.47. The van der Waals surface area contributed by atoms with E-state index in [1.54, 1.807) is 36.0 Å². The van der Waals surface area contributed by atoms with Gasteiger partial charge in [0.1, 0.15) is 16.1 Å². The van der Waals surface area contributed by atoms with E-state index in [0.717, 1.165) is 48.9 Å². The summed E-state index contributed by atoms with van der Waals surface area (Å²) >= 11 is 2.81. The normalized spacial score (nSPS) is 17.0. The fourth-order valence-corrected chi connectivity index (χ4v) is 6.71. The Kier molecular flexibility index (Phi) is 6.13. The first-order chi connectivity index (χ1) is 16.4. The van der Waals surface area contributed by atoms with Crippen molar-refractivity contribution < 1.29 is 9.53 Å². The van der Waals surface area contributed by atoms with Gasteiger partial charge in [0, 0.05) is 10.9 Å². The van der Waals surface area contributed by atoms with Crippen LogP contribution < -0.4 is 15.6 Å². The van der Waals surface area contributed by atoms with Crippen molar-refractivity contribution >= 4 is 39.2 Å². The minimum Gasteiger partial charge on any atom is -0.497 e. The molecule has 7 nitrogen and oxygen atoms in total. The quantitative estimate of drug-likeness (QED) is 0.390. The summed E-state index contributed by atoms with van der Waals surface area (Å²) < 4.78 is 6.97. The number of hydrogen-bond acceptors (Lipinski definition) is 7. The average molecular weight is 495 g/mol. The van der Waals surface area contributed by atoms with Crippen molar-refractivity contribution in [1.82, 2.24) is 14.9 Å². The average Bonchev–Trinajstić information content (AvgIpc) is 3.64. The molecule has 34 heavy (non-hydrogen) atoms. The van der Waals surface area contributed by atoms with Crippen molar-refractivity contribution in [3.63, 3.8) is 0 Å². The number of aryl methyl sites for hydroxylation is 2. The molecular weight excluding hydrogens is 468 g/mol. The van der Waals surface area contributed by atoms with Crippen LogP contribution in [0.15, 0.2) is 34.2 Å². The molecule has 2 aromatic heterocycles. The van der Waals surface area contributed by atoms with Crippen LogP contribution in [0.5, 0.6) is 5.75 Å². The molecule has 1 N–H and O–H groups in total. The number of nitrogens with zero attached hydrogens (tertiary/aromatic N) is 3. The van der Waals surface area contributed by atoms with E-state index in [1.807, 2.05) is 18.2 Å². The standard InChI is InChI=1S/C25H26N4O3S2/c1-25(14-26,15-10-11-15)28-20(30)13-33-24-27-22-21(18-8-3-4-9-19(18)34-22)23(31)29(24)16-6-5-7-17(12-16)32-2/h5-7,12,15H,3-4,8-11,13H2,1-2H3,(H,28,30). The number of carbonyl (C=O) groups is 1. The lowest BCUT2D eigenvalue weighted by atomic mass is 9.97. The van der Waals surface area contributed by atoms with Gasteiger partial charge >= 0.3 is 0 Å². The predicted octanol–water partition coefficient (Wildman–Crippen LogP) is 4.24. The van der Waals surface area contributed by atoms with Crippen molar-refractivity contribution in [2.45, 2.75) is 56.1 Å². The number of methoxy groups -OCH3 is 1. The van der Waals surface area contributed by atoms with Gasteiger partial charge in [0.25, 0.3) is 5.56 Å². The van der Waals surface area contributed by atoms with Gasteiger partial charge in [0.15, 0.2) is 5.16 Å². The molecule has 1 atom stereocenters. The number of thioether (sulfide) groups is 1. The molecule has 2 heterocycles. The van der Waals surface area contributed by atoms with Crippen LogP contribution in [0.4, 0.5) is 0 Å². The summed E-state index contributed by atoms with van der Waals surface area (Å²) in [6.45, 7) is 1.78. The highest BCUT2D eigenvalue weighted by atomic mass is 32.2. The van der Waals surface area contributed by atoms with Gasteiger partial charge in [-0.15, -0.1) is 11.3 Å². The molecule has 0 aliphatic heterocycles. The maximum absolute atomic E-state index is 13.8. The SMILES string of the molecule is COc1cccc(-n2c(SCC(=O)NC(C)(C#N)C3CC3)nc3sc4c(c3c2=O)CCCC4)c1. The molecular formula is C25H26N4O3S2. The van der Waals surface area contributed by atoms with Gasteiger partial charge in [-0.1, -0.05) is 17.8 Å². The highest BCUT2D eigenvalue weighted by Crippen LogP contribution is 2.39. The Morgan fingerprint density at radius 3 is 2.91 bits per heavy atom. The van der Waals surface area contributed by atoms with Crippen LogP contribution in [-0.2, 0) is 17.6 Å². The number of ether oxygens (including phenoxy) is 1. The first-order valence-electron chi connectivity index (χ1n) is 11.5. The molecule has 9 heteroatoms. The first-order valence-corrected chi connectivity index (χ1v) is 13.3. The minimum atomic E-state index is -0.853. The largest absolute Gasteiger partial charge is 0.497 e. The first kappa shape index (κ1) is 22.9. The maximum atomic E-state index is 13.8. The van der Waals surface area contributed by atoms with Gasteiger partial charge in [-0.2, -0.15) is 5.26 Å². The molecule has 2 aliphatic rings. The zero-order valence-electron chi connectivity index (χ0n) is 19.2. The van der Waals surface area contributed by atoms with Crippen LogP contribution in [0, 0.1) is 17.2 Å². The van der Waals surface area contributed by atoms with E-state index in [9.17, 15) is 14.9 Å². The number of rotatable bonds is 7. The number of nitrogens with one attached hydrogen (secondary N) is 1. The summed E-state index contributed by atoms with van der Waals surface area (Å²) in [5, 5.41) is 13.6. The number of fused-ring (bicyclic) bond motifs is 3. The lowest BCUT2D eigenvalue weighted by Gasteiger charge is -2.22. The zero-order chi connectivity index (χ0) is 23.9. The van der Waals surface area contributed by atoms with E-state index in [0.29, 0.717) is 22.0 Å². The van der Waals surface area contributed by atoms with E-state index >= 15 is 0 Å². The molecule has 0 radical (unpaired) electrons. The fraction of sp³-hybridized carbons (Fsp3) is 0.440. The summed E-state index contributed by atoms with van der Waals surface area (Å²) in [6.07, 6.45) is 5.99. The fourth-order valence-electron chi connectivity index (χ4n) is 4.60. The summed E-state index contributed by atoms with van der Waals surface area (Å²) in [7, 11) is 1.59. The minimum absolute atomic E-state index is 0.0665. The molecule has 0 saturated heterocycles. The molecule has 1 unspecified atom stereocenters. The van der Waals surface area contributed by atoms with E-state index < -0.39 is 5.54 Å². The highest BCUT2D eigenvalue weighted by Gasteiger charge is 2.43. The van der Waals surface area contributed by atoms with Crippen LogP contribution in [0.3, 0.4) is 0 Å². The Labute approximate surface area is 206 Å². The Hall–Kier alpha value is -2.83. The number of amides is 1. The molecule has 2 aliphatic carbocycles. The van der Waals surface area contributed by atoms with Crippen molar-refractivity contribution in [2.24, 2.45) is 5.92 Å². The van der Waals surface area contributed by atoms with Crippen LogP contribution in [0.2, 0.25) is 0 Å². The molecule has 5 rings (SSSR count). The van der Waals surface area contributed by atoms with Crippen molar-refractivity contribution in [2.75, 3.05) is 12.9 Å². The third kappa shape index (κ3) is 4.21. The van der Waals surface area contributed by atoms with Gasteiger partial charge in [-0.25, -0.2) is 4.98 Å². The zero-order valence-corrected chi connectivity index (χ0v) is 20.9. The Bertz CT molecular complexity index is 1370. The molecule has 1 fully saturated rings. The number of benzene rings is 1. The van der Waals surface area contributed by atoms with Crippen molar-refractivity contribution in [3.8, 4) is 17.5 Å². The monoisotopic (exact) mass is 494 g/mol. The summed E-state index contributed by atoms with van der Waals surface area (Å²) in [6, 6.07) is 9.57. The molecule has 0 spiro atoms. The number of aromatic nitrogens is 2. The Morgan fingerprint density at radius 1 is 1.38 bits per heavy atom. The predicted molar refractivity (Wildman–Crippen MR) is 134 cm³/mol. The van der Waals surface area contributed by atoms with Crippen LogP contribution in [0.25, 0.3) is 15.9 Å². The third-order valence-corrected chi connectivity index (χ3v) is 8.75. The number of nitriles is 1. The number of hydrogen-bond donors (Lipinski definition) is 1. The highest BCUT2D eigenvalue weighted by molar-refractivity contribution is 7.99. The van der Waals surface area contributed by atoms with Crippen LogP contribution in [0.1, 0.15) is 43.0 Å². The number of carbonyl (C=O) groups excluding carboxylic acids is 1. The van der Waals surface area contributed by atoms with E-state index in [2.05, 4.69) is 11.4 Å². The summed E-state index contributed by atoms with van der Waals surface area (Å²) in [4.78, 5) is 33.4. The van der Waals surface area contributed by atoms with Gasteiger partial charge < -0.3 is 10.1 Å². The second-order valence-corrected chi connectivity index (χ2v) is 11.1. The van der Waals surface area contributed by atoms with E-state index in [4.69, 9.17) is 9.72 Å². The molecule has 1 amide bonds. The maximum Gasteiger partial charge on any atom is 0.267 e. The lowest BCUT2D eigenvalue weighted by molar-refractivity contribution is -0.119. The van der Waals surface area contributed by atoms with Gasteiger partial charge in [-0.05, 0) is 69.1 Å². The van der Waals surface area contributed by atoms with Crippen LogP contribution >= 0.6 is 23.1 Å². The third-order valence-electron chi connectivity index (χ3n) is 6.63. The summed E-state index contributed by atoms with van der Waals surface area (Å²) in [5.74, 6) is 0.669. The second kappa shape index (κ2) is 9.08. The summed E-state index contributed by atoms with van der Waals surface area (Å²) in [5.41, 5.74) is 0.815. The number of thiophene rings is 1.